The van der Waals surface area contributed by atoms with Gasteiger partial charge in [-0.15, -0.1) is 0 Å². The molecule has 0 aliphatic carbocycles. The lowest BCUT2D eigenvalue weighted by Gasteiger charge is -2.43. The van der Waals surface area contributed by atoms with Crippen LogP contribution in [0.25, 0.3) is 0 Å². The van der Waals surface area contributed by atoms with E-state index in [2.05, 4.69) is 10.2 Å². The quantitative estimate of drug-likeness (QED) is 0.884. The zero-order valence-electron chi connectivity index (χ0n) is 13.6. The fourth-order valence-corrected chi connectivity index (χ4v) is 4.70. The molecule has 2 fully saturated rings. The molecule has 1 aromatic rings. The summed E-state index contributed by atoms with van der Waals surface area (Å²) in [6, 6.07) is 3.67. The monoisotopic (exact) mass is 339 g/mol. The van der Waals surface area contributed by atoms with Gasteiger partial charge in [-0.05, 0) is 24.3 Å². The lowest BCUT2D eigenvalue weighted by Crippen LogP contribution is -2.59. The second-order valence-electron chi connectivity index (χ2n) is 6.22. The molecule has 1 aromatic heterocycles. The molecule has 2 aliphatic heterocycles. The number of rotatable bonds is 5. The van der Waals surface area contributed by atoms with Gasteiger partial charge in [-0.25, -0.2) is 4.79 Å². The minimum atomic E-state index is -0.0501. The Bertz CT molecular complexity index is 497. The summed E-state index contributed by atoms with van der Waals surface area (Å²) < 4.78 is 10.8. The lowest BCUT2D eigenvalue weighted by atomic mass is 9.95. The molecule has 6 nitrogen and oxygen atoms in total. The van der Waals surface area contributed by atoms with Gasteiger partial charge in [0.25, 0.3) is 0 Å². The van der Waals surface area contributed by atoms with E-state index in [1.807, 2.05) is 23.9 Å². The third kappa shape index (κ3) is 4.02. The second-order valence-corrected chi connectivity index (χ2v) is 7.33. The van der Waals surface area contributed by atoms with Crippen LogP contribution < -0.4 is 5.32 Å². The maximum absolute atomic E-state index is 12.4. The summed E-state index contributed by atoms with van der Waals surface area (Å²) in [7, 11) is 1.79. The first-order chi connectivity index (χ1) is 11.2. The Morgan fingerprint density at radius 1 is 1.48 bits per heavy atom. The van der Waals surface area contributed by atoms with E-state index in [0.717, 1.165) is 50.0 Å². The van der Waals surface area contributed by atoms with E-state index in [1.165, 1.54) is 0 Å². The van der Waals surface area contributed by atoms with Gasteiger partial charge < -0.3 is 19.4 Å². The van der Waals surface area contributed by atoms with Crippen LogP contribution in [0.3, 0.4) is 0 Å². The number of morpholine rings is 1. The van der Waals surface area contributed by atoms with Crippen LogP contribution in [0, 0.1) is 0 Å². The van der Waals surface area contributed by atoms with Crippen LogP contribution in [0.5, 0.6) is 0 Å². The zero-order valence-corrected chi connectivity index (χ0v) is 14.4. The number of hydrogen-bond acceptors (Lipinski definition) is 5. The van der Waals surface area contributed by atoms with Gasteiger partial charge in [0.15, 0.2) is 0 Å². The summed E-state index contributed by atoms with van der Waals surface area (Å²) in [6.07, 6.45) is 2.75. The molecule has 0 saturated carbocycles. The molecule has 0 unspecified atom stereocenters. The van der Waals surface area contributed by atoms with Gasteiger partial charge in [-0.2, -0.15) is 11.8 Å². The molecule has 2 saturated heterocycles. The summed E-state index contributed by atoms with van der Waals surface area (Å²) >= 11 is 1.98. The summed E-state index contributed by atoms with van der Waals surface area (Å²) in [6.45, 7) is 4.67. The van der Waals surface area contributed by atoms with E-state index in [4.69, 9.17) is 9.15 Å². The maximum atomic E-state index is 12.4. The van der Waals surface area contributed by atoms with Gasteiger partial charge in [0, 0.05) is 38.0 Å². The highest BCUT2D eigenvalue weighted by molar-refractivity contribution is 7.99. The predicted molar refractivity (Wildman–Crippen MR) is 90.6 cm³/mol. The smallest absolute Gasteiger partial charge is 0.317 e. The maximum Gasteiger partial charge on any atom is 0.317 e. The van der Waals surface area contributed by atoms with Gasteiger partial charge in [0.2, 0.25) is 0 Å². The van der Waals surface area contributed by atoms with Gasteiger partial charge >= 0.3 is 6.03 Å². The normalized spacial score (nSPS) is 25.4. The molecule has 7 heteroatoms. The van der Waals surface area contributed by atoms with Crippen LogP contribution in [-0.4, -0.2) is 72.8 Å². The standard InChI is InChI=1S/C16H25N3O3S/c1-18(11-14-3-2-7-22-14)15(20)17-12-16(4-10-23-13-16)19-5-8-21-9-6-19/h2-3,7H,4-6,8-13H2,1H3,(H,17,20)/t16-/m0/s1. The molecule has 1 atom stereocenters. The first-order valence-corrected chi connectivity index (χ1v) is 9.27. The Kier molecular flexibility index (Phi) is 5.50. The topological polar surface area (TPSA) is 58.0 Å². The van der Waals surface area contributed by atoms with Crippen molar-refractivity contribution in [3.05, 3.63) is 24.2 Å². The number of furan rings is 1. The molecule has 0 spiro atoms. The van der Waals surface area contributed by atoms with Crippen LogP contribution in [0.4, 0.5) is 4.79 Å². The summed E-state index contributed by atoms with van der Waals surface area (Å²) in [5, 5.41) is 3.12. The molecular weight excluding hydrogens is 314 g/mol. The minimum Gasteiger partial charge on any atom is -0.467 e. The van der Waals surface area contributed by atoms with Gasteiger partial charge in [0.1, 0.15) is 5.76 Å². The Hall–Kier alpha value is -1.18. The van der Waals surface area contributed by atoms with Gasteiger partial charge in [-0.3, -0.25) is 4.90 Å². The molecule has 0 radical (unpaired) electrons. The van der Waals surface area contributed by atoms with Crippen molar-refractivity contribution in [2.24, 2.45) is 0 Å². The number of nitrogens with zero attached hydrogens (tertiary/aromatic N) is 2. The van der Waals surface area contributed by atoms with E-state index < -0.39 is 0 Å². The number of urea groups is 1. The molecular formula is C16H25N3O3S. The summed E-state index contributed by atoms with van der Waals surface area (Å²) in [5.74, 6) is 3.03. The molecule has 3 heterocycles. The summed E-state index contributed by atoms with van der Waals surface area (Å²) in [4.78, 5) is 16.5. The van der Waals surface area contributed by atoms with Crippen molar-refractivity contribution >= 4 is 17.8 Å². The fourth-order valence-electron chi connectivity index (χ4n) is 3.22. The Balaban J connectivity index is 1.54. The van der Waals surface area contributed by atoms with Crippen LogP contribution in [0.2, 0.25) is 0 Å². The third-order valence-electron chi connectivity index (χ3n) is 4.65. The predicted octanol–water partition coefficient (Wildman–Crippen LogP) is 1.63. The largest absolute Gasteiger partial charge is 0.467 e. The molecule has 2 amide bonds. The molecule has 2 aliphatic rings. The second kappa shape index (κ2) is 7.59. The average Bonchev–Trinajstić information content (AvgIpc) is 3.26. The Labute approximate surface area is 141 Å². The van der Waals surface area contributed by atoms with Crippen molar-refractivity contribution in [3.8, 4) is 0 Å². The number of hydrogen-bond donors (Lipinski definition) is 1. The van der Waals surface area contributed by atoms with Crippen molar-refractivity contribution in [1.29, 1.82) is 0 Å². The molecule has 0 bridgehead atoms. The van der Waals surface area contributed by atoms with Gasteiger partial charge in [0.05, 0.1) is 26.0 Å². The van der Waals surface area contributed by atoms with Crippen LogP contribution in [-0.2, 0) is 11.3 Å². The zero-order chi connectivity index (χ0) is 16.1. The highest BCUT2D eigenvalue weighted by atomic mass is 32.2. The number of carbonyl (C=O) groups is 1. The van der Waals surface area contributed by atoms with Crippen LogP contribution in [0.15, 0.2) is 22.8 Å². The molecule has 23 heavy (non-hydrogen) atoms. The first kappa shape index (κ1) is 16.7. The van der Waals surface area contributed by atoms with E-state index >= 15 is 0 Å². The lowest BCUT2D eigenvalue weighted by molar-refractivity contribution is -0.0127. The van der Waals surface area contributed by atoms with Crippen molar-refractivity contribution < 1.29 is 13.9 Å². The number of ether oxygens (including phenoxy) is 1. The van der Waals surface area contributed by atoms with Crippen molar-refractivity contribution in [3.63, 3.8) is 0 Å². The number of amides is 2. The van der Waals surface area contributed by atoms with Crippen LogP contribution >= 0.6 is 11.8 Å². The Morgan fingerprint density at radius 2 is 2.30 bits per heavy atom. The van der Waals surface area contributed by atoms with E-state index in [9.17, 15) is 4.79 Å². The molecule has 3 rings (SSSR count). The number of carbonyl (C=O) groups excluding carboxylic acids is 1. The van der Waals surface area contributed by atoms with E-state index in [-0.39, 0.29) is 11.6 Å². The van der Waals surface area contributed by atoms with Crippen molar-refractivity contribution in [1.82, 2.24) is 15.1 Å². The third-order valence-corrected chi connectivity index (χ3v) is 5.89. The van der Waals surface area contributed by atoms with Crippen LogP contribution in [0.1, 0.15) is 12.2 Å². The Morgan fingerprint density at radius 3 is 2.96 bits per heavy atom. The fraction of sp³-hybridized carbons (Fsp3) is 0.688. The SMILES string of the molecule is CN(Cc1ccco1)C(=O)NC[C@@]1(N2CCOCC2)CCSC1. The van der Waals surface area contributed by atoms with Crippen molar-refractivity contribution in [2.75, 3.05) is 51.4 Å². The average molecular weight is 339 g/mol. The molecule has 0 aromatic carbocycles. The first-order valence-electron chi connectivity index (χ1n) is 8.11. The van der Waals surface area contributed by atoms with E-state index in [1.54, 1.807) is 18.2 Å². The van der Waals surface area contributed by atoms with Gasteiger partial charge in [-0.1, -0.05) is 0 Å². The number of thioether (sulfide) groups is 1. The molecule has 128 valence electrons. The van der Waals surface area contributed by atoms with E-state index in [0.29, 0.717) is 13.1 Å². The molecule has 1 N–H and O–H groups in total. The van der Waals surface area contributed by atoms with Crippen molar-refractivity contribution in [2.45, 2.75) is 18.5 Å². The number of nitrogens with one attached hydrogen (secondary N) is 1. The highest BCUT2D eigenvalue weighted by Gasteiger charge is 2.41. The summed E-state index contributed by atoms with van der Waals surface area (Å²) in [5.41, 5.74) is 0.0790. The minimum absolute atomic E-state index is 0.0501. The highest BCUT2D eigenvalue weighted by Crippen LogP contribution is 2.33.